The molecular formula is C8H12N2OS. The Morgan fingerprint density at radius 2 is 2.67 bits per heavy atom. The van der Waals surface area contributed by atoms with E-state index in [1.54, 1.807) is 18.4 Å². The molecule has 12 heavy (non-hydrogen) atoms. The molecular weight excluding hydrogens is 172 g/mol. The molecule has 1 aliphatic rings. The normalized spacial score (nSPS) is 27.2. The summed E-state index contributed by atoms with van der Waals surface area (Å²) in [7, 11) is 1.65. The van der Waals surface area contributed by atoms with E-state index in [1.807, 2.05) is 6.20 Å². The van der Waals surface area contributed by atoms with E-state index in [-0.39, 0.29) is 0 Å². The standard InChI is InChI=1S/C8H12N2OS/c1-11-8-10-4-7(12-8)6-2-5(6)3-9/h4-6H,2-3,9H2,1H3/t5-,6+/m0/s1. The van der Waals surface area contributed by atoms with Gasteiger partial charge in [0.15, 0.2) is 0 Å². The highest BCUT2D eigenvalue weighted by Gasteiger charge is 2.38. The van der Waals surface area contributed by atoms with Gasteiger partial charge in [-0.1, -0.05) is 11.3 Å². The van der Waals surface area contributed by atoms with Gasteiger partial charge in [0, 0.05) is 11.1 Å². The molecule has 2 N–H and O–H groups in total. The zero-order valence-electron chi connectivity index (χ0n) is 6.99. The number of ether oxygens (including phenoxy) is 1. The van der Waals surface area contributed by atoms with Gasteiger partial charge in [0.2, 0.25) is 0 Å². The third-order valence-electron chi connectivity index (χ3n) is 2.27. The molecule has 0 aliphatic heterocycles. The smallest absolute Gasteiger partial charge is 0.273 e. The molecule has 0 aromatic carbocycles. The minimum Gasteiger partial charge on any atom is -0.473 e. The van der Waals surface area contributed by atoms with E-state index in [0.717, 1.165) is 11.7 Å². The van der Waals surface area contributed by atoms with Crippen LogP contribution in [0.5, 0.6) is 5.19 Å². The lowest BCUT2D eigenvalue weighted by Crippen LogP contribution is -2.01. The van der Waals surface area contributed by atoms with Gasteiger partial charge < -0.3 is 10.5 Å². The van der Waals surface area contributed by atoms with Crippen molar-refractivity contribution in [1.29, 1.82) is 0 Å². The van der Waals surface area contributed by atoms with Crippen LogP contribution in [0.1, 0.15) is 17.2 Å². The molecule has 1 aromatic heterocycles. The van der Waals surface area contributed by atoms with Crippen LogP contribution in [0.25, 0.3) is 0 Å². The summed E-state index contributed by atoms with van der Waals surface area (Å²) in [4.78, 5) is 5.44. The molecule has 1 saturated carbocycles. The molecule has 0 radical (unpaired) electrons. The Morgan fingerprint density at radius 3 is 3.17 bits per heavy atom. The Balaban J connectivity index is 2.05. The van der Waals surface area contributed by atoms with Gasteiger partial charge in [0.1, 0.15) is 0 Å². The molecule has 0 bridgehead atoms. The van der Waals surface area contributed by atoms with Crippen LogP contribution < -0.4 is 10.5 Å². The van der Waals surface area contributed by atoms with Crippen LogP contribution in [-0.4, -0.2) is 18.6 Å². The van der Waals surface area contributed by atoms with Gasteiger partial charge in [-0.25, -0.2) is 4.98 Å². The minimum absolute atomic E-state index is 0.663. The number of hydrogen-bond acceptors (Lipinski definition) is 4. The number of methoxy groups -OCH3 is 1. The molecule has 1 heterocycles. The van der Waals surface area contributed by atoms with Crippen molar-refractivity contribution < 1.29 is 4.74 Å². The lowest BCUT2D eigenvalue weighted by Gasteiger charge is -1.90. The van der Waals surface area contributed by atoms with Crippen LogP contribution in [-0.2, 0) is 0 Å². The fourth-order valence-corrected chi connectivity index (χ4v) is 2.33. The quantitative estimate of drug-likeness (QED) is 0.768. The number of hydrogen-bond donors (Lipinski definition) is 1. The van der Waals surface area contributed by atoms with Crippen LogP contribution in [0.15, 0.2) is 6.20 Å². The first kappa shape index (κ1) is 8.01. The molecule has 1 aromatic rings. The fraction of sp³-hybridized carbons (Fsp3) is 0.625. The molecule has 1 fully saturated rings. The summed E-state index contributed by atoms with van der Waals surface area (Å²) >= 11 is 1.63. The van der Waals surface area contributed by atoms with E-state index >= 15 is 0 Å². The highest BCUT2D eigenvalue weighted by molar-refractivity contribution is 7.13. The Hall–Kier alpha value is -0.610. The highest BCUT2D eigenvalue weighted by atomic mass is 32.1. The molecule has 0 amide bonds. The summed E-state index contributed by atoms with van der Waals surface area (Å²) in [5.41, 5.74) is 5.55. The van der Waals surface area contributed by atoms with E-state index < -0.39 is 0 Å². The van der Waals surface area contributed by atoms with Crippen LogP contribution in [0.3, 0.4) is 0 Å². The molecule has 2 rings (SSSR count). The monoisotopic (exact) mass is 184 g/mol. The zero-order valence-corrected chi connectivity index (χ0v) is 7.80. The zero-order chi connectivity index (χ0) is 8.55. The lowest BCUT2D eigenvalue weighted by molar-refractivity contribution is 0.412. The predicted molar refractivity (Wildman–Crippen MR) is 48.6 cm³/mol. The third-order valence-corrected chi connectivity index (χ3v) is 3.36. The van der Waals surface area contributed by atoms with Gasteiger partial charge in [-0.15, -0.1) is 0 Å². The maximum atomic E-state index is 5.55. The second-order valence-corrected chi connectivity index (χ2v) is 4.10. The Bertz CT molecular complexity index is 274. The largest absolute Gasteiger partial charge is 0.473 e. The van der Waals surface area contributed by atoms with Crippen molar-refractivity contribution in [3.63, 3.8) is 0 Å². The molecule has 0 saturated heterocycles. The minimum atomic E-state index is 0.663. The van der Waals surface area contributed by atoms with Gasteiger partial charge in [0.25, 0.3) is 5.19 Å². The SMILES string of the molecule is COc1ncc([C@@H]2C[C@H]2CN)s1. The maximum Gasteiger partial charge on any atom is 0.273 e. The van der Waals surface area contributed by atoms with Crippen molar-refractivity contribution in [2.24, 2.45) is 11.7 Å². The molecule has 0 unspecified atom stereocenters. The molecule has 1 aliphatic carbocycles. The van der Waals surface area contributed by atoms with Gasteiger partial charge in [-0.3, -0.25) is 0 Å². The first-order chi connectivity index (χ1) is 5.85. The number of aromatic nitrogens is 1. The van der Waals surface area contributed by atoms with E-state index in [4.69, 9.17) is 10.5 Å². The van der Waals surface area contributed by atoms with Crippen LogP contribution in [0, 0.1) is 5.92 Å². The van der Waals surface area contributed by atoms with Crippen LogP contribution in [0.2, 0.25) is 0 Å². The summed E-state index contributed by atoms with van der Waals surface area (Å²) in [6.45, 7) is 0.797. The summed E-state index contributed by atoms with van der Waals surface area (Å²) < 4.78 is 5.02. The number of thiazole rings is 1. The molecule has 4 heteroatoms. The summed E-state index contributed by atoms with van der Waals surface area (Å²) in [5.74, 6) is 1.35. The summed E-state index contributed by atoms with van der Waals surface area (Å²) in [6, 6.07) is 0. The molecule has 3 nitrogen and oxygen atoms in total. The number of nitrogens with zero attached hydrogens (tertiary/aromatic N) is 1. The lowest BCUT2D eigenvalue weighted by atomic mass is 10.3. The Kier molecular flexibility index (Phi) is 2.02. The van der Waals surface area contributed by atoms with Crippen molar-refractivity contribution >= 4 is 11.3 Å². The van der Waals surface area contributed by atoms with Gasteiger partial charge in [0.05, 0.1) is 7.11 Å². The van der Waals surface area contributed by atoms with Crippen molar-refractivity contribution in [2.75, 3.05) is 13.7 Å². The fourth-order valence-electron chi connectivity index (χ4n) is 1.39. The first-order valence-electron chi connectivity index (χ1n) is 4.05. The van der Waals surface area contributed by atoms with Crippen molar-refractivity contribution in [1.82, 2.24) is 4.98 Å². The van der Waals surface area contributed by atoms with E-state index in [0.29, 0.717) is 11.8 Å². The average molecular weight is 184 g/mol. The van der Waals surface area contributed by atoms with E-state index in [2.05, 4.69) is 4.98 Å². The van der Waals surface area contributed by atoms with E-state index in [9.17, 15) is 0 Å². The third kappa shape index (κ3) is 1.32. The van der Waals surface area contributed by atoms with Crippen LogP contribution in [0.4, 0.5) is 0 Å². The topological polar surface area (TPSA) is 48.1 Å². The number of rotatable bonds is 3. The Morgan fingerprint density at radius 1 is 1.83 bits per heavy atom. The second kappa shape index (κ2) is 3.03. The average Bonchev–Trinajstić information content (AvgIpc) is 2.75. The second-order valence-electron chi connectivity index (χ2n) is 3.07. The van der Waals surface area contributed by atoms with E-state index in [1.165, 1.54) is 11.3 Å². The van der Waals surface area contributed by atoms with Gasteiger partial charge >= 0.3 is 0 Å². The molecule has 0 spiro atoms. The van der Waals surface area contributed by atoms with Crippen LogP contribution >= 0.6 is 11.3 Å². The van der Waals surface area contributed by atoms with Gasteiger partial charge in [-0.05, 0) is 24.8 Å². The number of nitrogens with two attached hydrogens (primary N) is 1. The van der Waals surface area contributed by atoms with Gasteiger partial charge in [-0.2, -0.15) is 0 Å². The molecule has 2 atom stereocenters. The summed E-state index contributed by atoms with van der Waals surface area (Å²) in [6.07, 6.45) is 3.13. The summed E-state index contributed by atoms with van der Waals surface area (Å²) in [5, 5.41) is 0.757. The van der Waals surface area contributed by atoms with Crippen molar-refractivity contribution in [3.05, 3.63) is 11.1 Å². The van der Waals surface area contributed by atoms with Crippen molar-refractivity contribution in [3.8, 4) is 5.19 Å². The maximum absolute atomic E-state index is 5.55. The molecule has 66 valence electrons. The van der Waals surface area contributed by atoms with Crippen molar-refractivity contribution in [2.45, 2.75) is 12.3 Å². The Labute approximate surface area is 75.6 Å². The first-order valence-corrected chi connectivity index (χ1v) is 4.86. The predicted octanol–water partition coefficient (Wildman–Crippen LogP) is 1.21. The highest BCUT2D eigenvalue weighted by Crippen LogP contribution is 2.49.